The molecule has 0 unspecified atom stereocenters. The summed E-state index contributed by atoms with van der Waals surface area (Å²) in [5.74, 6) is 0.347. The summed E-state index contributed by atoms with van der Waals surface area (Å²) in [6.45, 7) is 3.07. The zero-order valence-corrected chi connectivity index (χ0v) is 16.9. The van der Waals surface area contributed by atoms with Crippen molar-refractivity contribution in [3.05, 3.63) is 33.3 Å². The SMILES string of the molecule is COCCCc1cc(Cl)c(Cl)c(CN(C(=O)[C@@H]2CCCNC2)C2CC2)c1. The molecule has 144 valence electrons. The van der Waals surface area contributed by atoms with Gasteiger partial charge in [0, 0.05) is 32.8 Å². The first kappa shape index (κ1) is 19.9. The van der Waals surface area contributed by atoms with Crippen LogP contribution in [0.4, 0.5) is 0 Å². The average molecular weight is 399 g/mol. The average Bonchev–Trinajstić information content (AvgIpc) is 3.48. The third-order valence-corrected chi connectivity index (χ3v) is 6.08. The van der Waals surface area contributed by atoms with E-state index in [1.54, 1.807) is 7.11 Å². The fraction of sp³-hybridized carbons (Fsp3) is 0.650. The lowest BCUT2D eigenvalue weighted by molar-refractivity contribution is -0.137. The van der Waals surface area contributed by atoms with Gasteiger partial charge in [-0.3, -0.25) is 4.79 Å². The molecule has 1 amide bonds. The molecule has 0 radical (unpaired) electrons. The summed E-state index contributed by atoms with van der Waals surface area (Å²) in [6, 6.07) is 4.39. The molecule has 0 bridgehead atoms. The molecule has 2 fully saturated rings. The molecular weight excluding hydrogens is 371 g/mol. The van der Waals surface area contributed by atoms with E-state index in [9.17, 15) is 4.79 Å². The quantitative estimate of drug-likeness (QED) is 0.671. The van der Waals surface area contributed by atoms with E-state index in [1.807, 2.05) is 11.0 Å². The summed E-state index contributed by atoms with van der Waals surface area (Å²) in [5.41, 5.74) is 2.10. The second kappa shape index (κ2) is 9.41. The summed E-state index contributed by atoms with van der Waals surface area (Å²) in [7, 11) is 1.71. The zero-order chi connectivity index (χ0) is 18.5. The van der Waals surface area contributed by atoms with Gasteiger partial charge in [0.1, 0.15) is 0 Å². The number of nitrogens with one attached hydrogen (secondary N) is 1. The smallest absolute Gasteiger partial charge is 0.227 e. The molecule has 26 heavy (non-hydrogen) atoms. The van der Waals surface area contributed by atoms with Crippen molar-refractivity contribution in [3.8, 4) is 0 Å². The summed E-state index contributed by atoms with van der Waals surface area (Å²) in [4.78, 5) is 15.1. The Morgan fingerprint density at radius 1 is 1.31 bits per heavy atom. The molecule has 4 nitrogen and oxygen atoms in total. The Labute approximate surface area is 166 Å². The van der Waals surface area contributed by atoms with Gasteiger partial charge in [-0.05, 0) is 62.3 Å². The normalized spacial score (nSPS) is 20.2. The van der Waals surface area contributed by atoms with Gasteiger partial charge in [0.2, 0.25) is 5.91 Å². The maximum atomic E-state index is 13.1. The first-order valence-corrected chi connectivity index (χ1v) is 10.3. The monoisotopic (exact) mass is 398 g/mol. The largest absolute Gasteiger partial charge is 0.385 e. The highest BCUT2D eigenvalue weighted by Gasteiger charge is 2.36. The lowest BCUT2D eigenvalue weighted by Crippen LogP contribution is -2.43. The molecule has 1 aromatic rings. The summed E-state index contributed by atoms with van der Waals surface area (Å²) in [6.07, 6.45) is 6.04. The third-order valence-electron chi connectivity index (χ3n) is 5.23. The minimum atomic E-state index is 0.0866. The summed E-state index contributed by atoms with van der Waals surface area (Å²) >= 11 is 12.8. The molecular formula is C20H28Cl2N2O2. The molecule has 1 heterocycles. The van der Waals surface area contributed by atoms with E-state index in [2.05, 4.69) is 11.4 Å². The maximum absolute atomic E-state index is 13.1. The van der Waals surface area contributed by atoms with Crippen molar-refractivity contribution in [2.24, 2.45) is 5.92 Å². The first-order chi connectivity index (χ1) is 12.6. The van der Waals surface area contributed by atoms with Gasteiger partial charge in [-0.15, -0.1) is 0 Å². The fourth-order valence-electron chi connectivity index (χ4n) is 3.64. The highest BCUT2D eigenvalue weighted by atomic mass is 35.5. The Kier molecular flexibility index (Phi) is 7.21. The van der Waals surface area contributed by atoms with Gasteiger partial charge in [-0.25, -0.2) is 0 Å². The molecule has 1 saturated carbocycles. The number of rotatable bonds is 8. The van der Waals surface area contributed by atoms with Crippen molar-refractivity contribution in [1.29, 1.82) is 0 Å². The van der Waals surface area contributed by atoms with Crippen molar-refractivity contribution in [3.63, 3.8) is 0 Å². The molecule has 1 aromatic carbocycles. The fourth-order valence-corrected chi connectivity index (χ4v) is 4.07. The molecule has 0 spiro atoms. The minimum absolute atomic E-state index is 0.0866. The van der Waals surface area contributed by atoms with E-state index >= 15 is 0 Å². The van der Waals surface area contributed by atoms with Crippen LogP contribution < -0.4 is 5.32 Å². The maximum Gasteiger partial charge on any atom is 0.227 e. The first-order valence-electron chi connectivity index (χ1n) is 9.57. The number of aryl methyl sites for hydroxylation is 1. The van der Waals surface area contributed by atoms with E-state index < -0.39 is 0 Å². The van der Waals surface area contributed by atoms with E-state index in [0.717, 1.165) is 69.3 Å². The van der Waals surface area contributed by atoms with Crippen LogP contribution in [-0.2, 0) is 22.5 Å². The molecule has 1 aliphatic carbocycles. The van der Waals surface area contributed by atoms with Crippen molar-refractivity contribution in [2.75, 3.05) is 26.8 Å². The molecule has 1 N–H and O–H groups in total. The van der Waals surface area contributed by atoms with Crippen molar-refractivity contribution in [2.45, 2.75) is 51.1 Å². The van der Waals surface area contributed by atoms with Crippen LogP contribution in [-0.4, -0.2) is 43.7 Å². The Bertz CT molecular complexity index is 628. The summed E-state index contributed by atoms with van der Waals surface area (Å²) in [5, 5.41) is 4.49. The molecule has 0 aromatic heterocycles. The number of carbonyl (C=O) groups excluding carboxylic acids is 1. The number of carbonyl (C=O) groups is 1. The number of amides is 1. The Morgan fingerprint density at radius 3 is 2.77 bits per heavy atom. The lowest BCUT2D eigenvalue weighted by atomic mass is 9.97. The van der Waals surface area contributed by atoms with Crippen LogP contribution in [0.5, 0.6) is 0 Å². The number of piperidine rings is 1. The standard InChI is InChI=1S/C20H28Cl2N2O2/c1-26-9-3-4-14-10-16(19(22)18(21)11-14)13-24(17-6-7-17)20(25)15-5-2-8-23-12-15/h10-11,15,17,23H,2-9,12-13H2,1H3/t15-/m1/s1. The summed E-state index contributed by atoms with van der Waals surface area (Å²) < 4.78 is 5.13. The van der Waals surface area contributed by atoms with Gasteiger partial charge in [0.15, 0.2) is 0 Å². The molecule has 3 rings (SSSR count). The minimum Gasteiger partial charge on any atom is -0.385 e. The van der Waals surface area contributed by atoms with E-state index in [0.29, 0.717) is 22.6 Å². The Balaban J connectivity index is 1.74. The molecule has 1 saturated heterocycles. The van der Waals surface area contributed by atoms with Gasteiger partial charge in [-0.2, -0.15) is 0 Å². The van der Waals surface area contributed by atoms with Crippen LogP contribution >= 0.6 is 23.2 Å². The third kappa shape index (κ3) is 5.13. The van der Waals surface area contributed by atoms with Crippen LogP contribution in [0, 0.1) is 5.92 Å². The van der Waals surface area contributed by atoms with E-state index in [1.165, 1.54) is 0 Å². The number of nitrogens with zero attached hydrogens (tertiary/aromatic N) is 1. The van der Waals surface area contributed by atoms with Gasteiger partial charge in [0.25, 0.3) is 0 Å². The van der Waals surface area contributed by atoms with Crippen molar-refractivity contribution >= 4 is 29.1 Å². The van der Waals surface area contributed by atoms with Crippen molar-refractivity contribution in [1.82, 2.24) is 10.2 Å². The van der Waals surface area contributed by atoms with E-state index in [4.69, 9.17) is 27.9 Å². The predicted octanol–water partition coefficient (Wildman–Crippen LogP) is 4.06. The topological polar surface area (TPSA) is 41.6 Å². The molecule has 1 aliphatic heterocycles. The number of hydrogen-bond donors (Lipinski definition) is 1. The number of hydrogen-bond acceptors (Lipinski definition) is 3. The number of methoxy groups -OCH3 is 1. The van der Waals surface area contributed by atoms with Crippen LogP contribution in [0.15, 0.2) is 12.1 Å². The van der Waals surface area contributed by atoms with Gasteiger partial charge in [0.05, 0.1) is 16.0 Å². The number of halogens is 2. The molecule has 2 aliphatic rings. The number of ether oxygens (including phenoxy) is 1. The predicted molar refractivity (Wildman–Crippen MR) is 106 cm³/mol. The Morgan fingerprint density at radius 2 is 2.12 bits per heavy atom. The highest BCUT2D eigenvalue weighted by Crippen LogP contribution is 2.34. The van der Waals surface area contributed by atoms with Crippen LogP contribution in [0.2, 0.25) is 10.0 Å². The zero-order valence-electron chi connectivity index (χ0n) is 15.4. The second-order valence-electron chi connectivity index (χ2n) is 7.39. The lowest BCUT2D eigenvalue weighted by Gasteiger charge is -2.30. The highest BCUT2D eigenvalue weighted by molar-refractivity contribution is 6.42. The van der Waals surface area contributed by atoms with Crippen LogP contribution in [0.1, 0.15) is 43.2 Å². The van der Waals surface area contributed by atoms with E-state index in [-0.39, 0.29) is 11.8 Å². The molecule has 1 atom stereocenters. The Hall–Kier alpha value is -0.810. The van der Waals surface area contributed by atoms with Gasteiger partial charge >= 0.3 is 0 Å². The number of benzene rings is 1. The van der Waals surface area contributed by atoms with Gasteiger partial charge < -0.3 is 15.0 Å². The van der Waals surface area contributed by atoms with Gasteiger partial charge in [-0.1, -0.05) is 29.3 Å². The molecule has 6 heteroatoms. The van der Waals surface area contributed by atoms with Crippen molar-refractivity contribution < 1.29 is 9.53 Å². The second-order valence-corrected chi connectivity index (χ2v) is 8.17. The van der Waals surface area contributed by atoms with Crippen LogP contribution in [0.3, 0.4) is 0 Å². The van der Waals surface area contributed by atoms with Crippen LogP contribution in [0.25, 0.3) is 0 Å².